The van der Waals surface area contributed by atoms with Crippen molar-refractivity contribution in [2.45, 2.75) is 38.2 Å². The average Bonchev–Trinajstić information content (AvgIpc) is 2.41. The summed E-state index contributed by atoms with van der Waals surface area (Å²) < 4.78 is 35.9. The van der Waals surface area contributed by atoms with Crippen LogP contribution >= 0.6 is 15.3 Å². The van der Waals surface area contributed by atoms with Crippen LogP contribution in [0.25, 0.3) is 0 Å². The Balaban J connectivity index is 2.67. The second-order valence-corrected chi connectivity index (χ2v) is 7.26. The van der Waals surface area contributed by atoms with Gasteiger partial charge in [-0.25, -0.2) is 8.88 Å². The second-order valence-electron chi connectivity index (χ2n) is 4.34. The van der Waals surface area contributed by atoms with Crippen LogP contribution in [0.15, 0.2) is 0 Å². The molecule has 1 fully saturated rings. The number of hydrogen-bond donors (Lipinski definition) is 3. The SMILES string of the molecule is [B][C@@H]1O[C@H](C(C)OP([B])(=O)OP(=O)(O)O)[C@@H](O)[C@H]1C. The fourth-order valence-corrected chi connectivity index (χ4v) is 3.65. The fraction of sp³-hybridized carbons (Fsp3) is 1.00. The van der Waals surface area contributed by atoms with E-state index in [0.717, 1.165) is 0 Å². The summed E-state index contributed by atoms with van der Waals surface area (Å²) in [5.74, 6) is -0.379. The number of aliphatic hydroxyl groups excluding tert-OH is 1. The number of hydrogen-bond acceptors (Lipinski definition) is 6. The Morgan fingerprint density at radius 3 is 2.26 bits per heavy atom. The normalized spacial score (nSPS) is 36.9. The van der Waals surface area contributed by atoms with E-state index in [2.05, 4.69) is 4.31 Å². The van der Waals surface area contributed by atoms with E-state index in [0.29, 0.717) is 0 Å². The Hall–Kier alpha value is 0.350. The smallest absolute Gasteiger partial charge is 0.390 e. The molecular formula is C7H14B2O8P2. The van der Waals surface area contributed by atoms with Crippen LogP contribution in [0, 0.1) is 5.92 Å². The van der Waals surface area contributed by atoms with Crippen molar-refractivity contribution in [3.8, 4) is 0 Å². The monoisotopic (exact) mass is 310 g/mol. The molecule has 0 amide bonds. The number of aliphatic hydroxyl groups is 1. The average molecular weight is 310 g/mol. The van der Waals surface area contributed by atoms with E-state index in [-0.39, 0.29) is 5.92 Å². The lowest BCUT2D eigenvalue weighted by Crippen LogP contribution is -2.35. The zero-order valence-corrected chi connectivity index (χ0v) is 12.1. The maximum Gasteiger partial charge on any atom is 0.476 e. The zero-order chi connectivity index (χ0) is 15.0. The first kappa shape index (κ1) is 17.4. The van der Waals surface area contributed by atoms with Crippen molar-refractivity contribution in [1.29, 1.82) is 0 Å². The van der Waals surface area contributed by atoms with Gasteiger partial charge in [0.15, 0.2) is 0 Å². The van der Waals surface area contributed by atoms with Gasteiger partial charge in [-0.15, -0.1) is 0 Å². The van der Waals surface area contributed by atoms with Gasteiger partial charge in [0.25, 0.3) is 7.47 Å². The van der Waals surface area contributed by atoms with Crippen molar-refractivity contribution in [2.75, 3.05) is 0 Å². The van der Waals surface area contributed by atoms with Crippen molar-refractivity contribution >= 4 is 30.7 Å². The molecule has 1 aliphatic rings. The summed E-state index contributed by atoms with van der Waals surface area (Å²) in [6.07, 6.45) is -2.95. The molecule has 0 aromatic rings. The van der Waals surface area contributed by atoms with Crippen LogP contribution in [0.1, 0.15) is 13.8 Å². The Labute approximate surface area is 113 Å². The molecule has 3 N–H and O–H groups in total. The first-order valence-corrected chi connectivity index (χ1v) is 8.50. The number of rotatable bonds is 5. The third-order valence-corrected chi connectivity index (χ3v) is 5.09. The van der Waals surface area contributed by atoms with Gasteiger partial charge in [0, 0.05) is 11.9 Å². The van der Waals surface area contributed by atoms with E-state index >= 15 is 0 Å². The second kappa shape index (κ2) is 6.00. The number of phosphoric acid groups is 1. The molecule has 1 aliphatic heterocycles. The molecule has 0 bridgehead atoms. The first-order valence-electron chi connectivity index (χ1n) is 5.36. The molecule has 6 atom stereocenters. The predicted molar refractivity (Wildman–Crippen MR) is 66.6 cm³/mol. The third-order valence-electron chi connectivity index (χ3n) is 2.70. The standard InChI is InChI=1S/C7H14B2O8P2/c1-3-5(10)6(15-7(3)8)4(2)16-18(9,11)17-19(12,13)14/h3-7,10H,1-2H3,(H2,12,13,14)/t3-,4?,5+,6-,7-,18?/m1/s1. The molecule has 0 aromatic heterocycles. The minimum absolute atomic E-state index is 0.379. The molecule has 8 nitrogen and oxygen atoms in total. The summed E-state index contributed by atoms with van der Waals surface area (Å²) in [5.41, 5.74) is 0. The lowest BCUT2D eigenvalue weighted by molar-refractivity contribution is -0.0361. The predicted octanol–water partition coefficient (Wildman–Crippen LogP) is -0.332. The van der Waals surface area contributed by atoms with Gasteiger partial charge in [0.2, 0.25) is 7.57 Å². The topological polar surface area (TPSA) is 123 Å². The van der Waals surface area contributed by atoms with E-state index in [9.17, 15) is 14.2 Å². The van der Waals surface area contributed by atoms with Crippen LogP contribution in [0.4, 0.5) is 0 Å². The van der Waals surface area contributed by atoms with Crippen LogP contribution in [-0.2, 0) is 22.7 Å². The number of ether oxygens (including phenoxy) is 1. The summed E-state index contributed by atoms with van der Waals surface area (Å²) in [6, 6.07) is -0.731. The first-order chi connectivity index (χ1) is 8.43. The van der Waals surface area contributed by atoms with Crippen LogP contribution in [0.3, 0.4) is 0 Å². The van der Waals surface area contributed by atoms with Crippen molar-refractivity contribution in [3.63, 3.8) is 0 Å². The third kappa shape index (κ3) is 4.99. The van der Waals surface area contributed by atoms with Crippen LogP contribution < -0.4 is 0 Å². The minimum atomic E-state index is -5.06. The lowest BCUT2D eigenvalue weighted by Gasteiger charge is -2.26. The van der Waals surface area contributed by atoms with Crippen LogP contribution in [0.2, 0.25) is 0 Å². The minimum Gasteiger partial charge on any atom is -0.390 e. The van der Waals surface area contributed by atoms with Crippen molar-refractivity contribution in [3.05, 3.63) is 0 Å². The van der Waals surface area contributed by atoms with Crippen LogP contribution in [0.5, 0.6) is 0 Å². The maximum atomic E-state index is 11.5. The molecule has 1 rings (SSSR count). The van der Waals surface area contributed by atoms with Gasteiger partial charge < -0.3 is 24.2 Å². The van der Waals surface area contributed by atoms with E-state index < -0.39 is 39.6 Å². The van der Waals surface area contributed by atoms with E-state index in [1.807, 2.05) is 0 Å². The highest BCUT2D eigenvalue weighted by Crippen LogP contribution is 2.58. The largest absolute Gasteiger partial charge is 0.476 e. The molecule has 12 heteroatoms. The van der Waals surface area contributed by atoms with Crippen LogP contribution in [-0.4, -0.2) is 54.6 Å². The quantitative estimate of drug-likeness (QED) is 0.466. The van der Waals surface area contributed by atoms with Crippen molar-refractivity contribution < 1.29 is 37.6 Å². The van der Waals surface area contributed by atoms with E-state index in [1.54, 1.807) is 6.92 Å². The molecular weight excluding hydrogens is 296 g/mol. The zero-order valence-electron chi connectivity index (χ0n) is 10.3. The van der Waals surface area contributed by atoms with Gasteiger partial charge in [-0.1, -0.05) is 6.92 Å². The van der Waals surface area contributed by atoms with Gasteiger partial charge in [-0.05, 0) is 6.92 Å². The molecule has 106 valence electrons. The highest BCUT2D eigenvalue weighted by molar-refractivity contribution is 7.83. The Morgan fingerprint density at radius 1 is 1.37 bits per heavy atom. The Bertz CT molecular complexity index is 414. The van der Waals surface area contributed by atoms with Crippen molar-refractivity contribution in [2.24, 2.45) is 5.92 Å². The molecule has 4 radical (unpaired) electrons. The van der Waals surface area contributed by atoms with Gasteiger partial charge in [0.1, 0.15) is 14.0 Å². The fourth-order valence-electron chi connectivity index (χ4n) is 1.73. The molecule has 19 heavy (non-hydrogen) atoms. The summed E-state index contributed by atoms with van der Waals surface area (Å²) in [7, 11) is 1.07. The van der Waals surface area contributed by atoms with Gasteiger partial charge in [-0.3, -0.25) is 4.57 Å². The van der Waals surface area contributed by atoms with Gasteiger partial charge >= 0.3 is 7.82 Å². The van der Waals surface area contributed by atoms with Gasteiger partial charge in [-0.2, -0.15) is 0 Å². The summed E-state index contributed by atoms with van der Waals surface area (Å²) in [4.78, 5) is 17.0. The molecule has 0 spiro atoms. The summed E-state index contributed by atoms with van der Waals surface area (Å²) in [5, 5.41) is 9.82. The maximum absolute atomic E-state index is 11.5. The molecule has 2 unspecified atom stereocenters. The van der Waals surface area contributed by atoms with Crippen molar-refractivity contribution in [1.82, 2.24) is 0 Å². The highest BCUT2D eigenvalue weighted by atomic mass is 31.3. The molecule has 0 aliphatic carbocycles. The highest BCUT2D eigenvalue weighted by Gasteiger charge is 2.43. The summed E-state index contributed by atoms with van der Waals surface area (Å²) in [6.45, 7) is 3.01. The Morgan fingerprint density at radius 2 is 1.89 bits per heavy atom. The molecule has 1 saturated heterocycles. The molecule has 1 heterocycles. The van der Waals surface area contributed by atoms with E-state index in [1.165, 1.54) is 6.92 Å². The lowest BCUT2D eigenvalue weighted by atomic mass is 9.86. The van der Waals surface area contributed by atoms with Gasteiger partial charge in [0.05, 0.1) is 12.2 Å². The van der Waals surface area contributed by atoms with E-state index in [4.69, 9.17) is 34.5 Å². The summed E-state index contributed by atoms with van der Waals surface area (Å²) >= 11 is 0. The molecule has 0 saturated carbocycles. The molecule has 0 aromatic carbocycles. The Kier molecular flexibility index (Phi) is 5.49.